The zero-order valence-electron chi connectivity index (χ0n) is 14.4. The smallest absolute Gasteiger partial charge is 0.413 e. The van der Waals surface area contributed by atoms with Gasteiger partial charge in [0.05, 0.1) is 6.20 Å². The highest BCUT2D eigenvalue weighted by Gasteiger charge is 2.35. The number of ether oxygens (including phenoxy) is 1. The second-order valence-electron chi connectivity index (χ2n) is 7.08. The minimum absolute atomic E-state index is 0.179. The molecule has 0 aliphatic carbocycles. The van der Waals surface area contributed by atoms with Gasteiger partial charge >= 0.3 is 6.09 Å². The summed E-state index contributed by atoms with van der Waals surface area (Å²) in [7, 11) is 0. The number of imidazole rings is 1. The van der Waals surface area contributed by atoms with Crippen molar-refractivity contribution < 1.29 is 18.3 Å². The largest absolute Gasteiger partial charge is 0.444 e. The number of rotatable bonds is 2. The summed E-state index contributed by atoms with van der Waals surface area (Å²) in [5.41, 5.74) is -0.0789. The number of carbonyl (C=O) groups excluding carboxylic acids is 1. The summed E-state index contributed by atoms with van der Waals surface area (Å²) in [6.07, 6.45) is 3.82. The van der Waals surface area contributed by atoms with Crippen LogP contribution in [-0.2, 0) is 4.74 Å². The molecule has 2 aromatic heterocycles. The van der Waals surface area contributed by atoms with Crippen molar-refractivity contribution in [3.8, 4) is 0 Å². The number of alkyl halides is 2. The van der Waals surface area contributed by atoms with Gasteiger partial charge in [-0.2, -0.15) is 0 Å². The molecule has 0 unspecified atom stereocenters. The van der Waals surface area contributed by atoms with Gasteiger partial charge < -0.3 is 14.0 Å². The summed E-state index contributed by atoms with van der Waals surface area (Å²) < 4.78 is 33.7. The van der Waals surface area contributed by atoms with Crippen LogP contribution in [0.15, 0.2) is 18.6 Å². The zero-order chi connectivity index (χ0) is 18.2. The van der Waals surface area contributed by atoms with Gasteiger partial charge in [0.2, 0.25) is 0 Å². The summed E-state index contributed by atoms with van der Waals surface area (Å²) in [4.78, 5) is 22.4. The highest BCUT2D eigenvalue weighted by molar-refractivity contribution is 5.84. The molecule has 0 spiro atoms. The Morgan fingerprint density at radius 1 is 1.32 bits per heavy atom. The van der Waals surface area contributed by atoms with Crippen molar-refractivity contribution in [1.82, 2.24) is 14.4 Å². The Morgan fingerprint density at radius 3 is 2.64 bits per heavy atom. The van der Waals surface area contributed by atoms with E-state index >= 15 is 0 Å². The third-order valence-corrected chi connectivity index (χ3v) is 3.78. The molecule has 9 heteroatoms. The molecule has 0 radical (unpaired) electrons. The maximum absolute atomic E-state index is 13.4. The average molecular weight is 353 g/mol. The van der Waals surface area contributed by atoms with E-state index in [9.17, 15) is 13.6 Å². The molecule has 1 aliphatic heterocycles. The van der Waals surface area contributed by atoms with Gasteiger partial charge in [-0.05, 0) is 20.8 Å². The molecule has 3 heterocycles. The van der Waals surface area contributed by atoms with E-state index in [4.69, 9.17) is 4.74 Å². The standard InChI is InChI=1S/C16H21F2N5O2/c1-15(2,3)25-14(24)21-11-10-23-9-6-19-12(23)13(20-11)22-7-4-16(17,18)5-8-22/h6,9-10H,4-5,7-8H2,1-3H3,(H,21,24). The predicted molar refractivity (Wildman–Crippen MR) is 89.2 cm³/mol. The highest BCUT2D eigenvalue weighted by Crippen LogP contribution is 2.31. The maximum Gasteiger partial charge on any atom is 0.413 e. The van der Waals surface area contributed by atoms with E-state index in [0.29, 0.717) is 11.5 Å². The number of hydrogen-bond acceptors (Lipinski definition) is 5. The van der Waals surface area contributed by atoms with E-state index in [0.717, 1.165) is 0 Å². The number of aromatic nitrogens is 3. The fourth-order valence-electron chi connectivity index (χ4n) is 2.64. The summed E-state index contributed by atoms with van der Waals surface area (Å²) in [6, 6.07) is 0. The Hall–Kier alpha value is -2.45. The maximum atomic E-state index is 13.4. The van der Waals surface area contributed by atoms with E-state index in [1.165, 1.54) is 0 Å². The van der Waals surface area contributed by atoms with Crippen LogP contribution in [0.4, 0.5) is 25.2 Å². The van der Waals surface area contributed by atoms with Crippen LogP contribution < -0.4 is 10.2 Å². The number of hydrogen-bond donors (Lipinski definition) is 1. The lowest BCUT2D eigenvalue weighted by atomic mass is 10.1. The van der Waals surface area contributed by atoms with Gasteiger partial charge in [0.1, 0.15) is 5.60 Å². The third kappa shape index (κ3) is 4.15. The monoisotopic (exact) mass is 353 g/mol. The van der Waals surface area contributed by atoms with Crippen molar-refractivity contribution in [2.24, 2.45) is 0 Å². The summed E-state index contributed by atoms with van der Waals surface area (Å²) >= 11 is 0. The van der Waals surface area contributed by atoms with Crippen LogP contribution in [-0.4, -0.2) is 45.1 Å². The molecule has 136 valence electrons. The van der Waals surface area contributed by atoms with E-state index in [-0.39, 0.29) is 31.7 Å². The number of halogens is 2. The van der Waals surface area contributed by atoms with Crippen LogP contribution in [0, 0.1) is 0 Å². The molecule has 0 atom stereocenters. The Balaban J connectivity index is 1.86. The first-order valence-corrected chi connectivity index (χ1v) is 8.09. The number of anilines is 2. The molecular weight excluding hydrogens is 332 g/mol. The molecule has 1 amide bonds. The summed E-state index contributed by atoms with van der Waals surface area (Å²) in [6.45, 7) is 5.64. The van der Waals surface area contributed by atoms with E-state index < -0.39 is 17.6 Å². The Labute approximate surface area is 144 Å². The number of fused-ring (bicyclic) bond motifs is 1. The quantitative estimate of drug-likeness (QED) is 0.897. The lowest BCUT2D eigenvalue weighted by molar-refractivity contribution is -0.0221. The normalized spacial score (nSPS) is 17.6. The summed E-state index contributed by atoms with van der Waals surface area (Å²) in [5.74, 6) is -1.91. The molecule has 1 saturated heterocycles. The van der Waals surface area contributed by atoms with Crippen molar-refractivity contribution in [2.45, 2.75) is 45.1 Å². The van der Waals surface area contributed by atoms with Crippen LogP contribution in [0.5, 0.6) is 0 Å². The summed E-state index contributed by atoms with van der Waals surface area (Å²) in [5, 5.41) is 2.58. The van der Waals surface area contributed by atoms with Gasteiger partial charge in [0, 0.05) is 38.3 Å². The third-order valence-electron chi connectivity index (χ3n) is 3.78. The lowest BCUT2D eigenvalue weighted by Gasteiger charge is -2.32. The molecule has 1 aliphatic rings. The number of carbonyl (C=O) groups is 1. The minimum atomic E-state index is -2.64. The first-order valence-electron chi connectivity index (χ1n) is 8.09. The van der Waals surface area contributed by atoms with Crippen LogP contribution >= 0.6 is 0 Å². The number of nitrogens with zero attached hydrogens (tertiary/aromatic N) is 4. The van der Waals surface area contributed by atoms with E-state index in [1.807, 2.05) is 0 Å². The topological polar surface area (TPSA) is 71.8 Å². The van der Waals surface area contributed by atoms with Gasteiger partial charge in [-0.25, -0.2) is 23.5 Å². The molecule has 0 bridgehead atoms. The molecule has 0 saturated carbocycles. The number of nitrogens with one attached hydrogen (secondary N) is 1. The number of piperidine rings is 1. The van der Waals surface area contributed by atoms with Crippen molar-refractivity contribution in [2.75, 3.05) is 23.3 Å². The second kappa shape index (κ2) is 6.12. The molecule has 2 aromatic rings. The van der Waals surface area contributed by atoms with Crippen LogP contribution in [0.25, 0.3) is 5.65 Å². The van der Waals surface area contributed by atoms with Gasteiger partial charge in [-0.15, -0.1) is 0 Å². The van der Waals surface area contributed by atoms with Crippen LogP contribution in [0.1, 0.15) is 33.6 Å². The van der Waals surface area contributed by atoms with Crippen LogP contribution in [0.2, 0.25) is 0 Å². The van der Waals surface area contributed by atoms with Gasteiger partial charge in [0.15, 0.2) is 17.3 Å². The van der Waals surface area contributed by atoms with Gasteiger partial charge in [-0.3, -0.25) is 5.32 Å². The Morgan fingerprint density at radius 2 is 2.00 bits per heavy atom. The molecule has 3 rings (SSSR count). The highest BCUT2D eigenvalue weighted by atomic mass is 19.3. The van der Waals surface area contributed by atoms with Crippen LogP contribution in [0.3, 0.4) is 0 Å². The predicted octanol–water partition coefficient (Wildman–Crippen LogP) is 3.31. The second-order valence-corrected chi connectivity index (χ2v) is 7.08. The molecule has 0 aromatic carbocycles. The number of amides is 1. The van der Waals surface area contributed by atoms with Gasteiger partial charge in [0.25, 0.3) is 5.92 Å². The molecule has 25 heavy (non-hydrogen) atoms. The SMILES string of the molecule is CC(C)(C)OC(=O)Nc1cn2ccnc2c(N2CCC(F)(F)CC2)n1. The van der Waals surface area contributed by atoms with E-state index in [2.05, 4.69) is 15.3 Å². The first-order chi connectivity index (χ1) is 11.6. The van der Waals surface area contributed by atoms with Gasteiger partial charge in [-0.1, -0.05) is 0 Å². The van der Waals surface area contributed by atoms with Crippen molar-refractivity contribution in [3.05, 3.63) is 18.6 Å². The average Bonchev–Trinajstić information content (AvgIpc) is 2.92. The van der Waals surface area contributed by atoms with Crippen molar-refractivity contribution >= 4 is 23.4 Å². The van der Waals surface area contributed by atoms with E-state index in [1.54, 1.807) is 48.7 Å². The zero-order valence-corrected chi connectivity index (χ0v) is 14.4. The minimum Gasteiger partial charge on any atom is -0.444 e. The molecule has 7 nitrogen and oxygen atoms in total. The van der Waals surface area contributed by atoms with Crippen molar-refractivity contribution in [3.63, 3.8) is 0 Å². The molecular formula is C16H21F2N5O2. The van der Waals surface area contributed by atoms with Crippen molar-refractivity contribution in [1.29, 1.82) is 0 Å². The fraction of sp³-hybridized carbons (Fsp3) is 0.562. The first kappa shape index (κ1) is 17.4. The fourth-order valence-corrected chi connectivity index (χ4v) is 2.64. The molecule has 1 N–H and O–H groups in total. The Kier molecular flexibility index (Phi) is 4.26. The molecule has 1 fully saturated rings. The Bertz CT molecular complexity index is 774. The lowest BCUT2D eigenvalue weighted by Crippen LogP contribution is -2.40.